The molecule has 4 heterocycles. The van der Waals surface area contributed by atoms with Crippen LogP contribution in [0.15, 0.2) is 41.6 Å². The zero-order chi connectivity index (χ0) is 24.1. The summed E-state index contributed by atoms with van der Waals surface area (Å²) in [6.07, 6.45) is 6.86. The van der Waals surface area contributed by atoms with Gasteiger partial charge in [0.05, 0.1) is 24.1 Å². The van der Waals surface area contributed by atoms with E-state index < -0.39 is 9.84 Å². The zero-order valence-electron chi connectivity index (χ0n) is 19.4. The molecule has 1 N–H and O–H groups in total. The van der Waals surface area contributed by atoms with Crippen LogP contribution in [0.5, 0.6) is 11.5 Å². The van der Waals surface area contributed by atoms with E-state index in [0.717, 1.165) is 56.8 Å². The highest BCUT2D eigenvalue weighted by molar-refractivity contribution is 7.90. The fraction of sp³-hybridized carbons (Fsp3) is 0.500. The number of phenolic OH excluding ortho intramolecular Hbond substituents is 1. The van der Waals surface area contributed by atoms with Gasteiger partial charge in [-0.3, -0.25) is 4.79 Å². The lowest BCUT2D eigenvalue weighted by molar-refractivity contribution is -0.137. The van der Waals surface area contributed by atoms with E-state index in [2.05, 4.69) is 4.98 Å². The van der Waals surface area contributed by atoms with Crippen molar-refractivity contribution >= 4 is 27.1 Å². The predicted octanol–water partition coefficient (Wildman–Crippen LogP) is 2.76. The van der Waals surface area contributed by atoms with E-state index in [4.69, 9.17) is 9.47 Å². The highest BCUT2D eigenvalue weighted by Gasteiger charge is 2.27. The Morgan fingerprint density at radius 1 is 1.06 bits per heavy atom. The van der Waals surface area contributed by atoms with E-state index in [9.17, 15) is 18.3 Å². The van der Waals surface area contributed by atoms with Crippen LogP contribution >= 0.6 is 0 Å². The zero-order valence-corrected chi connectivity index (χ0v) is 20.2. The Kier molecular flexibility index (Phi) is 7.57. The molecule has 2 fully saturated rings. The van der Waals surface area contributed by atoms with Gasteiger partial charge in [-0.05, 0) is 49.9 Å². The Labute approximate surface area is 200 Å². The molecule has 3 aliphatic heterocycles. The lowest BCUT2D eigenvalue weighted by Crippen LogP contribution is -2.36. The van der Waals surface area contributed by atoms with Gasteiger partial charge in [0.15, 0.2) is 14.9 Å². The smallest absolute Gasteiger partial charge is 0.225 e. The molecule has 3 aliphatic rings. The molecule has 0 aliphatic carbocycles. The molecule has 2 saturated heterocycles. The first-order valence-corrected chi connectivity index (χ1v) is 13.5. The number of carbonyl (C=O) groups is 1. The number of hydrogen-bond donors (Lipinski definition) is 1. The number of pyridine rings is 1. The van der Waals surface area contributed by atoms with Crippen molar-refractivity contribution in [2.75, 3.05) is 50.6 Å². The number of amides is 1. The quantitative estimate of drug-likeness (QED) is 0.701. The first-order valence-electron chi connectivity index (χ1n) is 11.6. The Morgan fingerprint density at radius 3 is 2.44 bits per heavy atom. The lowest BCUT2D eigenvalue weighted by atomic mass is 9.99. The van der Waals surface area contributed by atoms with Crippen molar-refractivity contribution in [1.82, 2.24) is 9.88 Å². The summed E-state index contributed by atoms with van der Waals surface area (Å²) < 4.78 is 33.6. The number of aromatic hydroxyl groups is 1. The third-order valence-corrected chi connectivity index (χ3v) is 7.21. The average Bonchev–Trinajstić information content (AvgIpc) is 3.39. The maximum Gasteiger partial charge on any atom is 0.225 e. The highest BCUT2D eigenvalue weighted by Crippen LogP contribution is 2.38. The van der Waals surface area contributed by atoms with E-state index in [0.29, 0.717) is 24.8 Å². The molecule has 0 radical (unpaired) electrons. The molecule has 184 valence electrons. The first-order chi connectivity index (χ1) is 16.3. The Balaban J connectivity index is 0.000000180. The number of hydrogen-bond acceptors (Lipinski definition) is 8. The van der Waals surface area contributed by atoms with E-state index in [1.54, 1.807) is 24.3 Å². The topological polar surface area (TPSA) is 109 Å². The van der Waals surface area contributed by atoms with E-state index in [-0.39, 0.29) is 16.7 Å². The first kappa shape index (κ1) is 24.3. The number of phenols is 1. The largest absolute Gasteiger partial charge is 0.508 e. The molecule has 1 amide bonds. The lowest BCUT2D eigenvalue weighted by Gasteiger charge is -2.31. The number of ether oxygens (including phenoxy) is 2. The fourth-order valence-corrected chi connectivity index (χ4v) is 4.93. The van der Waals surface area contributed by atoms with Gasteiger partial charge in [0.1, 0.15) is 18.1 Å². The molecule has 0 spiro atoms. The Hall–Kier alpha value is -2.85. The summed E-state index contributed by atoms with van der Waals surface area (Å²) in [7, 11) is -3.31. The minimum atomic E-state index is -3.31. The van der Waals surface area contributed by atoms with E-state index in [1.807, 2.05) is 9.80 Å². The van der Waals surface area contributed by atoms with Crippen LogP contribution in [0.25, 0.3) is 0 Å². The summed E-state index contributed by atoms with van der Waals surface area (Å²) in [4.78, 5) is 19.8. The third kappa shape index (κ3) is 5.79. The highest BCUT2D eigenvalue weighted by atomic mass is 32.2. The van der Waals surface area contributed by atoms with Gasteiger partial charge in [0.25, 0.3) is 0 Å². The molecule has 0 saturated carbocycles. The average molecular weight is 490 g/mol. The number of fused-ring (bicyclic) bond motifs is 1. The number of carbonyl (C=O) groups excluding carboxylic acids is 1. The van der Waals surface area contributed by atoms with Crippen molar-refractivity contribution in [2.45, 2.75) is 30.7 Å². The minimum absolute atomic E-state index is 0.0376. The second-order valence-electron chi connectivity index (χ2n) is 8.70. The summed E-state index contributed by atoms with van der Waals surface area (Å²) >= 11 is 0. The van der Waals surface area contributed by atoms with Crippen LogP contribution in [-0.2, 0) is 19.4 Å². The number of likely N-dealkylation sites (tertiary alicyclic amines) is 1. The normalized spacial score (nSPS) is 18.5. The number of sulfone groups is 1. The van der Waals surface area contributed by atoms with Crippen molar-refractivity contribution in [3.8, 4) is 11.5 Å². The van der Waals surface area contributed by atoms with Crippen LogP contribution in [0.4, 0.5) is 11.4 Å². The van der Waals surface area contributed by atoms with Gasteiger partial charge in [-0.1, -0.05) is 0 Å². The second-order valence-corrected chi connectivity index (χ2v) is 10.7. The van der Waals surface area contributed by atoms with Crippen molar-refractivity contribution in [3.05, 3.63) is 36.5 Å². The number of anilines is 2. The summed E-state index contributed by atoms with van der Waals surface area (Å²) in [6, 6.07) is 8.05. The number of aromatic nitrogens is 1. The molecule has 0 atom stereocenters. The molecule has 10 heteroatoms. The summed E-state index contributed by atoms with van der Waals surface area (Å²) in [6.45, 7) is 4.60. The van der Waals surface area contributed by atoms with Crippen LogP contribution in [0.3, 0.4) is 0 Å². The van der Waals surface area contributed by atoms with Crippen LogP contribution in [0.2, 0.25) is 0 Å². The fourth-order valence-electron chi connectivity index (χ4n) is 4.37. The standard InChI is InChI=1S/C14H14N2O4S.C10H17NO2/c1-21(18,19)14-5-2-10(9-15-14)16-6-7-20-13-4-3-11(17)8-12(13)16;12-10(11-5-1-2-6-11)9-3-7-13-8-4-9/h2-5,8-9,17H,6-7H2,1H3;9H,1-8H2. The van der Waals surface area contributed by atoms with Crippen molar-refractivity contribution < 1.29 is 27.8 Å². The molecule has 1 aromatic heterocycles. The predicted molar refractivity (Wildman–Crippen MR) is 127 cm³/mol. The summed E-state index contributed by atoms with van der Waals surface area (Å²) in [5.41, 5.74) is 1.48. The minimum Gasteiger partial charge on any atom is -0.508 e. The molecule has 1 aromatic carbocycles. The molecule has 0 unspecified atom stereocenters. The van der Waals surface area contributed by atoms with Crippen LogP contribution < -0.4 is 9.64 Å². The Bertz CT molecular complexity index is 1090. The van der Waals surface area contributed by atoms with Gasteiger partial charge in [-0.2, -0.15) is 0 Å². The molecular weight excluding hydrogens is 458 g/mol. The van der Waals surface area contributed by atoms with E-state index in [1.165, 1.54) is 25.1 Å². The number of nitrogens with zero attached hydrogens (tertiary/aromatic N) is 3. The van der Waals surface area contributed by atoms with Gasteiger partial charge in [-0.15, -0.1) is 0 Å². The summed E-state index contributed by atoms with van der Waals surface area (Å²) in [5.74, 6) is 1.45. The molecule has 34 heavy (non-hydrogen) atoms. The molecule has 9 nitrogen and oxygen atoms in total. The van der Waals surface area contributed by atoms with Crippen molar-refractivity contribution in [3.63, 3.8) is 0 Å². The number of benzene rings is 1. The second kappa shape index (κ2) is 10.6. The third-order valence-electron chi connectivity index (χ3n) is 6.21. The molecular formula is C24H31N3O6S. The van der Waals surface area contributed by atoms with Gasteiger partial charge in [0, 0.05) is 44.5 Å². The molecule has 2 aromatic rings. The van der Waals surface area contributed by atoms with Gasteiger partial charge in [-0.25, -0.2) is 13.4 Å². The van der Waals surface area contributed by atoms with Crippen molar-refractivity contribution in [2.24, 2.45) is 5.92 Å². The van der Waals surface area contributed by atoms with Crippen LogP contribution in [0.1, 0.15) is 25.7 Å². The van der Waals surface area contributed by atoms with Gasteiger partial charge >= 0.3 is 0 Å². The molecule has 0 bridgehead atoms. The summed E-state index contributed by atoms with van der Waals surface area (Å²) in [5, 5.41) is 9.66. The van der Waals surface area contributed by atoms with Crippen LogP contribution in [0, 0.1) is 5.92 Å². The number of rotatable bonds is 3. The van der Waals surface area contributed by atoms with Gasteiger partial charge < -0.3 is 24.4 Å². The van der Waals surface area contributed by atoms with Gasteiger partial charge in [0.2, 0.25) is 5.91 Å². The van der Waals surface area contributed by atoms with Crippen LogP contribution in [-0.4, -0.2) is 75.0 Å². The monoisotopic (exact) mass is 489 g/mol. The van der Waals surface area contributed by atoms with E-state index >= 15 is 0 Å². The van der Waals surface area contributed by atoms with Crippen molar-refractivity contribution in [1.29, 1.82) is 0 Å². The Morgan fingerprint density at radius 2 is 1.79 bits per heavy atom. The maximum atomic E-state index is 11.9. The maximum absolute atomic E-state index is 11.9. The molecule has 5 rings (SSSR count). The SMILES string of the molecule is CS(=O)(=O)c1ccc(N2CCOc3ccc(O)cc32)cn1.O=C(C1CCOCC1)N1CCCC1.